The summed E-state index contributed by atoms with van der Waals surface area (Å²) >= 11 is 0. The minimum Gasteiger partial charge on any atom is -0.357 e. The van der Waals surface area contributed by atoms with E-state index >= 15 is 0 Å². The molecular weight excluding hydrogens is 413 g/mol. The molecule has 0 fully saturated rings. The smallest absolute Gasteiger partial charge is 0.191 e. The molecular formula is C18H30IN5. The molecule has 0 aliphatic carbocycles. The van der Waals surface area contributed by atoms with Crippen LogP contribution >= 0.6 is 24.0 Å². The number of guanidine groups is 1. The van der Waals surface area contributed by atoms with Crippen molar-refractivity contribution >= 4 is 35.6 Å². The SMILES string of the molecule is CCNC(=NCCCC(C)C)NCCc1cn2ccccc2n1.I. The molecule has 0 unspecified atom stereocenters. The number of hydrogen-bond donors (Lipinski definition) is 2. The number of aromatic nitrogens is 2. The molecule has 2 N–H and O–H groups in total. The van der Waals surface area contributed by atoms with Gasteiger partial charge >= 0.3 is 0 Å². The fraction of sp³-hybridized carbons (Fsp3) is 0.556. The van der Waals surface area contributed by atoms with Crippen LogP contribution in [0.1, 0.15) is 39.3 Å². The zero-order valence-corrected chi connectivity index (χ0v) is 17.3. The van der Waals surface area contributed by atoms with E-state index in [4.69, 9.17) is 0 Å². The molecule has 6 heteroatoms. The Morgan fingerprint density at radius 1 is 1.29 bits per heavy atom. The summed E-state index contributed by atoms with van der Waals surface area (Å²) in [5.41, 5.74) is 2.09. The zero-order valence-electron chi connectivity index (χ0n) is 15.0. The molecule has 2 aromatic heterocycles. The maximum Gasteiger partial charge on any atom is 0.191 e. The van der Waals surface area contributed by atoms with E-state index in [1.165, 1.54) is 6.42 Å². The third-order valence-electron chi connectivity index (χ3n) is 3.64. The van der Waals surface area contributed by atoms with E-state index in [1.54, 1.807) is 0 Å². The number of aliphatic imine (C=N–C) groups is 1. The van der Waals surface area contributed by atoms with E-state index in [2.05, 4.69) is 52.0 Å². The van der Waals surface area contributed by atoms with Crippen molar-refractivity contribution in [2.75, 3.05) is 19.6 Å². The van der Waals surface area contributed by atoms with E-state index in [-0.39, 0.29) is 24.0 Å². The van der Waals surface area contributed by atoms with Crippen LogP contribution in [0.2, 0.25) is 0 Å². The molecule has 2 heterocycles. The quantitative estimate of drug-likeness (QED) is 0.284. The van der Waals surface area contributed by atoms with Crippen LogP contribution in [0.3, 0.4) is 0 Å². The van der Waals surface area contributed by atoms with Crippen molar-refractivity contribution in [1.82, 2.24) is 20.0 Å². The number of nitrogens with one attached hydrogen (secondary N) is 2. The number of pyridine rings is 1. The Bertz CT molecular complexity index is 588. The number of imidazole rings is 1. The van der Waals surface area contributed by atoms with Gasteiger partial charge in [-0.3, -0.25) is 4.99 Å². The molecule has 2 rings (SSSR count). The molecule has 0 saturated carbocycles. The average molecular weight is 443 g/mol. The highest BCUT2D eigenvalue weighted by molar-refractivity contribution is 14.0. The van der Waals surface area contributed by atoms with Gasteiger partial charge in [-0.1, -0.05) is 19.9 Å². The summed E-state index contributed by atoms with van der Waals surface area (Å²) in [7, 11) is 0. The van der Waals surface area contributed by atoms with Crippen LogP contribution in [-0.4, -0.2) is 35.0 Å². The summed E-state index contributed by atoms with van der Waals surface area (Å²) in [4.78, 5) is 9.24. The van der Waals surface area contributed by atoms with Crippen molar-refractivity contribution < 1.29 is 0 Å². The average Bonchev–Trinajstić information content (AvgIpc) is 2.94. The predicted octanol–water partition coefficient (Wildman–Crippen LogP) is 3.49. The van der Waals surface area contributed by atoms with Crippen molar-refractivity contribution in [3.05, 3.63) is 36.3 Å². The molecule has 5 nitrogen and oxygen atoms in total. The molecule has 0 aromatic carbocycles. The predicted molar refractivity (Wildman–Crippen MR) is 112 cm³/mol. The summed E-state index contributed by atoms with van der Waals surface area (Å²) in [6, 6.07) is 6.05. The minimum atomic E-state index is 0. The fourth-order valence-corrected chi connectivity index (χ4v) is 2.45. The van der Waals surface area contributed by atoms with E-state index < -0.39 is 0 Å². The molecule has 0 atom stereocenters. The summed E-state index contributed by atoms with van der Waals surface area (Å²) < 4.78 is 2.06. The number of rotatable bonds is 8. The van der Waals surface area contributed by atoms with Crippen LogP contribution in [0, 0.1) is 5.92 Å². The van der Waals surface area contributed by atoms with Gasteiger partial charge in [0.05, 0.1) is 5.69 Å². The molecule has 0 aliphatic rings. The van der Waals surface area contributed by atoms with Crippen LogP contribution in [0.25, 0.3) is 5.65 Å². The van der Waals surface area contributed by atoms with Crippen LogP contribution in [0.4, 0.5) is 0 Å². The van der Waals surface area contributed by atoms with Gasteiger partial charge in [0.15, 0.2) is 5.96 Å². The summed E-state index contributed by atoms with van der Waals surface area (Å²) in [6.45, 7) is 9.18. The number of nitrogens with zero attached hydrogens (tertiary/aromatic N) is 3. The molecule has 0 saturated heterocycles. The molecule has 0 spiro atoms. The third-order valence-corrected chi connectivity index (χ3v) is 3.64. The lowest BCUT2D eigenvalue weighted by Crippen LogP contribution is -2.38. The van der Waals surface area contributed by atoms with Crippen LogP contribution in [0.5, 0.6) is 0 Å². The van der Waals surface area contributed by atoms with Crippen LogP contribution < -0.4 is 10.6 Å². The number of halogens is 1. The van der Waals surface area contributed by atoms with E-state index in [0.29, 0.717) is 0 Å². The Morgan fingerprint density at radius 2 is 2.12 bits per heavy atom. The Morgan fingerprint density at radius 3 is 2.83 bits per heavy atom. The Balaban J connectivity index is 0.00000288. The van der Waals surface area contributed by atoms with Gasteiger partial charge in [0.25, 0.3) is 0 Å². The molecule has 24 heavy (non-hydrogen) atoms. The highest BCUT2D eigenvalue weighted by Crippen LogP contribution is 2.05. The molecule has 0 amide bonds. The van der Waals surface area contributed by atoms with Gasteiger partial charge in [0, 0.05) is 38.4 Å². The summed E-state index contributed by atoms with van der Waals surface area (Å²) in [5.74, 6) is 1.65. The van der Waals surface area contributed by atoms with E-state index in [1.807, 2.05) is 24.4 Å². The molecule has 2 aromatic rings. The maximum absolute atomic E-state index is 4.63. The molecule has 0 aliphatic heterocycles. The van der Waals surface area contributed by atoms with Gasteiger partial charge in [0.1, 0.15) is 5.65 Å². The summed E-state index contributed by atoms with van der Waals surface area (Å²) in [6.07, 6.45) is 7.37. The van der Waals surface area contributed by atoms with Crippen LogP contribution in [-0.2, 0) is 6.42 Å². The first-order valence-electron chi connectivity index (χ1n) is 8.64. The van der Waals surface area contributed by atoms with Gasteiger partial charge in [-0.05, 0) is 37.8 Å². The Kier molecular flexibility index (Phi) is 9.75. The topological polar surface area (TPSA) is 53.7 Å². The second kappa shape index (κ2) is 11.3. The standard InChI is InChI=1S/C18H29N5.HI/c1-4-19-18(20-11-7-8-15(2)3)21-12-10-16-14-23-13-6-5-9-17(23)22-16;/h5-6,9,13-15H,4,7-8,10-12H2,1-3H3,(H2,19,20,21);1H. The van der Waals surface area contributed by atoms with Crippen molar-refractivity contribution in [3.8, 4) is 0 Å². The fourth-order valence-electron chi connectivity index (χ4n) is 2.45. The highest BCUT2D eigenvalue weighted by atomic mass is 127. The third kappa shape index (κ3) is 7.07. The normalized spacial score (nSPS) is 11.6. The van der Waals surface area contributed by atoms with E-state index in [0.717, 1.165) is 55.7 Å². The maximum atomic E-state index is 4.63. The van der Waals surface area contributed by atoms with Crippen LogP contribution in [0.15, 0.2) is 35.6 Å². The lowest BCUT2D eigenvalue weighted by Gasteiger charge is -2.11. The second-order valence-electron chi connectivity index (χ2n) is 6.17. The van der Waals surface area contributed by atoms with Gasteiger partial charge in [-0.2, -0.15) is 0 Å². The number of fused-ring (bicyclic) bond motifs is 1. The van der Waals surface area contributed by atoms with Crippen molar-refractivity contribution in [3.63, 3.8) is 0 Å². The molecule has 134 valence electrons. The first kappa shape index (κ1) is 20.7. The van der Waals surface area contributed by atoms with Gasteiger partial charge in [0.2, 0.25) is 0 Å². The van der Waals surface area contributed by atoms with Gasteiger partial charge in [-0.25, -0.2) is 4.98 Å². The zero-order chi connectivity index (χ0) is 16.5. The lowest BCUT2D eigenvalue weighted by atomic mass is 10.1. The highest BCUT2D eigenvalue weighted by Gasteiger charge is 2.02. The Labute approximate surface area is 162 Å². The molecule has 0 bridgehead atoms. The monoisotopic (exact) mass is 443 g/mol. The second-order valence-corrected chi connectivity index (χ2v) is 6.17. The van der Waals surface area contributed by atoms with E-state index in [9.17, 15) is 0 Å². The van der Waals surface area contributed by atoms with Crippen molar-refractivity contribution in [1.29, 1.82) is 0 Å². The Hall–Kier alpha value is -1.31. The first-order valence-corrected chi connectivity index (χ1v) is 8.64. The largest absolute Gasteiger partial charge is 0.357 e. The first-order chi connectivity index (χ1) is 11.2. The summed E-state index contributed by atoms with van der Waals surface area (Å²) in [5, 5.41) is 6.69. The number of hydrogen-bond acceptors (Lipinski definition) is 2. The van der Waals surface area contributed by atoms with Gasteiger partial charge < -0.3 is 15.0 Å². The lowest BCUT2D eigenvalue weighted by molar-refractivity contribution is 0.560. The molecule has 0 radical (unpaired) electrons. The van der Waals surface area contributed by atoms with Gasteiger partial charge in [-0.15, -0.1) is 24.0 Å². The van der Waals surface area contributed by atoms with Crippen molar-refractivity contribution in [2.24, 2.45) is 10.9 Å². The minimum absolute atomic E-state index is 0. The van der Waals surface area contributed by atoms with Crippen molar-refractivity contribution in [2.45, 2.75) is 40.0 Å².